The molecule has 0 aliphatic heterocycles. The minimum atomic E-state index is -0.832. The Morgan fingerprint density at radius 1 is 0.451 bits per heavy atom. The molecule has 0 radical (unpaired) electrons. The molecule has 0 aliphatic carbocycles. The Hall–Kier alpha value is -0.870. The molecule has 0 aliphatic rings. The van der Waals surface area contributed by atoms with Crippen LogP contribution >= 0.6 is 0 Å². The Kier molecular flexibility index (Phi) is 42.8. The van der Waals surface area contributed by atoms with Crippen molar-refractivity contribution in [2.75, 3.05) is 6.61 Å². The minimum Gasteiger partial charge on any atom is -0.394 e. The van der Waals surface area contributed by atoms with Crippen molar-refractivity contribution >= 4 is 5.91 Å². The number of aliphatic hydroxyl groups is 2. The molecule has 0 rings (SSSR count). The first-order chi connectivity index (χ1) is 25.2. The van der Waals surface area contributed by atoms with E-state index >= 15 is 0 Å². The Morgan fingerprint density at radius 2 is 0.725 bits per heavy atom. The number of carbonyl (C=O) groups is 1. The number of aliphatic hydroxyl groups excluding tert-OH is 2. The lowest BCUT2D eigenvalue weighted by molar-refractivity contribution is -0.123. The lowest BCUT2D eigenvalue weighted by Crippen LogP contribution is -2.45. The lowest BCUT2D eigenvalue weighted by atomic mass is 10.0. The second-order valence-corrected chi connectivity index (χ2v) is 16.2. The Labute approximate surface area is 320 Å². The van der Waals surface area contributed by atoms with Gasteiger partial charge >= 0.3 is 0 Å². The molecule has 0 saturated carbocycles. The zero-order valence-electron chi connectivity index (χ0n) is 34.9. The van der Waals surface area contributed by atoms with E-state index in [1.54, 1.807) is 6.08 Å². The fourth-order valence-corrected chi connectivity index (χ4v) is 7.42. The van der Waals surface area contributed by atoms with E-state index in [9.17, 15) is 15.0 Å². The van der Waals surface area contributed by atoms with E-state index in [0.29, 0.717) is 6.42 Å². The van der Waals surface area contributed by atoms with Crippen molar-refractivity contribution in [3.8, 4) is 0 Å². The third-order valence-electron chi connectivity index (χ3n) is 11.0. The number of amides is 1. The van der Waals surface area contributed by atoms with Crippen LogP contribution in [0.4, 0.5) is 0 Å². The maximum atomic E-state index is 12.4. The van der Waals surface area contributed by atoms with E-state index in [0.717, 1.165) is 25.7 Å². The van der Waals surface area contributed by atoms with Gasteiger partial charge in [0.15, 0.2) is 0 Å². The summed E-state index contributed by atoms with van der Waals surface area (Å²) in [5.41, 5.74) is 0. The molecule has 0 spiro atoms. The Bertz CT molecular complexity index is 695. The number of rotatable bonds is 43. The van der Waals surface area contributed by atoms with Crippen LogP contribution in [0.5, 0.6) is 0 Å². The molecule has 4 nitrogen and oxygen atoms in total. The van der Waals surface area contributed by atoms with Gasteiger partial charge in [0.2, 0.25) is 5.91 Å². The first kappa shape index (κ1) is 50.1. The van der Waals surface area contributed by atoms with Crippen LogP contribution < -0.4 is 5.32 Å². The van der Waals surface area contributed by atoms with Crippen molar-refractivity contribution in [2.24, 2.45) is 0 Å². The molecule has 51 heavy (non-hydrogen) atoms. The summed E-state index contributed by atoms with van der Waals surface area (Å²) in [5.74, 6) is -0.0606. The van der Waals surface area contributed by atoms with Gasteiger partial charge in [-0.05, 0) is 19.3 Å². The molecule has 0 bridgehead atoms. The monoisotopic (exact) mass is 720 g/mol. The molecule has 4 heteroatoms. The third-order valence-corrected chi connectivity index (χ3v) is 11.0. The van der Waals surface area contributed by atoms with Gasteiger partial charge in [-0.15, -0.1) is 0 Å². The van der Waals surface area contributed by atoms with Crippen molar-refractivity contribution in [1.82, 2.24) is 5.32 Å². The third kappa shape index (κ3) is 40.2. The largest absolute Gasteiger partial charge is 0.394 e. The molecule has 0 aromatic rings. The van der Waals surface area contributed by atoms with E-state index in [2.05, 4.69) is 19.2 Å². The first-order valence-electron chi connectivity index (χ1n) is 23.4. The van der Waals surface area contributed by atoms with E-state index < -0.39 is 12.1 Å². The van der Waals surface area contributed by atoms with Crippen LogP contribution in [0.15, 0.2) is 12.2 Å². The average Bonchev–Trinajstić information content (AvgIpc) is 3.13. The zero-order valence-corrected chi connectivity index (χ0v) is 34.9. The second-order valence-electron chi connectivity index (χ2n) is 16.2. The molecule has 0 fully saturated rings. The van der Waals surface area contributed by atoms with Crippen molar-refractivity contribution in [2.45, 2.75) is 276 Å². The van der Waals surface area contributed by atoms with Gasteiger partial charge in [0.25, 0.3) is 0 Å². The van der Waals surface area contributed by atoms with E-state index in [-0.39, 0.29) is 12.5 Å². The highest BCUT2D eigenvalue weighted by Gasteiger charge is 2.18. The SMILES string of the molecule is CCCCCCCCCC/C=C/C(O)C(CO)NC(=O)CCCCCCCCCCCCCCCCCCCCCCCCCCCCCCC. The predicted octanol–water partition coefficient (Wildman–Crippen LogP) is 14.6. The molecule has 0 aromatic carbocycles. The molecule has 3 N–H and O–H groups in total. The molecular formula is C47H93NO3. The standard InChI is InChI=1S/C47H93NO3/c1-3-5-7-9-11-13-15-16-17-18-19-20-21-22-23-24-25-26-27-28-29-30-31-32-33-35-37-39-41-43-47(51)48-45(44-49)46(50)42-40-38-36-34-14-12-10-8-6-4-2/h40,42,45-46,49-50H,3-39,41,43-44H2,1-2H3,(H,48,51)/b42-40+. The van der Waals surface area contributed by atoms with Crippen LogP contribution in [0.2, 0.25) is 0 Å². The summed E-state index contributed by atoms with van der Waals surface area (Å²) in [5, 5.41) is 22.9. The number of unbranched alkanes of at least 4 members (excludes halogenated alkanes) is 36. The van der Waals surface area contributed by atoms with Crippen LogP contribution in [0, 0.1) is 0 Å². The van der Waals surface area contributed by atoms with Gasteiger partial charge in [0, 0.05) is 6.42 Å². The van der Waals surface area contributed by atoms with Crippen molar-refractivity contribution < 1.29 is 15.0 Å². The van der Waals surface area contributed by atoms with Crippen molar-refractivity contribution in [3.63, 3.8) is 0 Å². The number of nitrogens with one attached hydrogen (secondary N) is 1. The fraction of sp³-hybridized carbons (Fsp3) is 0.936. The Balaban J connectivity index is 3.39. The summed E-state index contributed by atoms with van der Waals surface area (Å²) in [6.07, 6.45) is 54.9. The highest BCUT2D eigenvalue weighted by Crippen LogP contribution is 2.17. The Morgan fingerprint density at radius 3 is 1.02 bits per heavy atom. The van der Waals surface area contributed by atoms with Gasteiger partial charge in [-0.3, -0.25) is 4.79 Å². The number of hydrogen-bond acceptors (Lipinski definition) is 3. The fourth-order valence-electron chi connectivity index (χ4n) is 7.42. The van der Waals surface area contributed by atoms with Gasteiger partial charge in [-0.1, -0.05) is 251 Å². The highest BCUT2D eigenvalue weighted by atomic mass is 16.3. The quantitative estimate of drug-likeness (QED) is 0.0434. The molecule has 2 atom stereocenters. The van der Waals surface area contributed by atoms with E-state index in [1.807, 2.05) is 6.08 Å². The van der Waals surface area contributed by atoms with Crippen molar-refractivity contribution in [3.05, 3.63) is 12.2 Å². The van der Waals surface area contributed by atoms with Crippen LogP contribution in [0.3, 0.4) is 0 Å². The number of hydrogen-bond donors (Lipinski definition) is 3. The summed E-state index contributed by atoms with van der Waals surface area (Å²) >= 11 is 0. The summed E-state index contributed by atoms with van der Waals surface area (Å²) in [6.45, 7) is 4.31. The van der Waals surface area contributed by atoms with Gasteiger partial charge in [-0.2, -0.15) is 0 Å². The summed E-state index contributed by atoms with van der Waals surface area (Å²) in [7, 11) is 0. The van der Waals surface area contributed by atoms with Crippen LogP contribution in [0.1, 0.15) is 264 Å². The van der Waals surface area contributed by atoms with Gasteiger partial charge in [-0.25, -0.2) is 0 Å². The molecule has 0 aromatic heterocycles. The van der Waals surface area contributed by atoms with Gasteiger partial charge in [0.05, 0.1) is 18.8 Å². The molecular weight excluding hydrogens is 627 g/mol. The van der Waals surface area contributed by atoms with Crippen LogP contribution in [0.25, 0.3) is 0 Å². The molecule has 1 amide bonds. The summed E-state index contributed by atoms with van der Waals surface area (Å²) in [4.78, 5) is 12.4. The van der Waals surface area contributed by atoms with Crippen molar-refractivity contribution in [1.29, 1.82) is 0 Å². The van der Waals surface area contributed by atoms with Crippen LogP contribution in [-0.4, -0.2) is 34.9 Å². The van der Waals surface area contributed by atoms with E-state index in [1.165, 1.54) is 218 Å². The van der Waals surface area contributed by atoms with Gasteiger partial charge < -0.3 is 15.5 Å². The number of allylic oxidation sites excluding steroid dienone is 1. The van der Waals surface area contributed by atoms with Gasteiger partial charge in [0.1, 0.15) is 0 Å². The molecule has 2 unspecified atom stereocenters. The molecule has 0 heterocycles. The highest BCUT2D eigenvalue weighted by molar-refractivity contribution is 5.76. The number of carbonyl (C=O) groups excluding carboxylic acids is 1. The molecule has 304 valence electrons. The first-order valence-corrected chi connectivity index (χ1v) is 23.4. The summed E-state index contributed by atoms with van der Waals surface area (Å²) in [6, 6.07) is -0.615. The predicted molar refractivity (Wildman–Crippen MR) is 226 cm³/mol. The maximum Gasteiger partial charge on any atom is 0.220 e. The second kappa shape index (κ2) is 43.5. The summed E-state index contributed by atoms with van der Waals surface area (Å²) < 4.78 is 0. The normalized spacial score (nSPS) is 12.9. The smallest absolute Gasteiger partial charge is 0.220 e. The van der Waals surface area contributed by atoms with E-state index in [4.69, 9.17) is 0 Å². The zero-order chi connectivity index (χ0) is 37.1. The lowest BCUT2D eigenvalue weighted by Gasteiger charge is -2.20. The average molecular weight is 720 g/mol. The molecule has 0 saturated heterocycles. The minimum absolute atomic E-state index is 0.0606. The maximum absolute atomic E-state index is 12.4. The topological polar surface area (TPSA) is 69.6 Å². The van der Waals surface area contributed by atoms with Crippen LogP contribution in [-0.2, 0) is 4.79 Å².